The van der Waals surface area contributed by atoms with Crippen molar-refractivity contribution in [2.24, 2.45) is 17.1 Å². The molecule has 1 aliphatic heterocycles. The molecule has 4 nitrogen and oxygen atoms in total. The summed E-state index contributed by atoms with van der Waals surface area (Å²) in [6, 6.07) is 0. The zero-order chi connectivity index (χ0) is 13.9. The second-order valence-corrected chi connectivity index (χ2v) is 6.65. The van der Waals surface area contributed by atoms with Gasteiger partial charge in [0.15, 0.2) is 0 Å². The molecule has 2 fully saturated rings. The number of hydrogen-bond donors (Lipinski definition) is 1. The molecule has 0 aromatic rings. The minimum atomic E-state index is 0.209. The van der Waals surface area contributed by atoms with E-state index in [-0.39, 0.29) is 12.2 Å². The van der Waals surface area contributed by atoms with Gasteiger partial charge in [-0.25, -0.2) is 0 Å². The number of nitrogens with zero attached hydrogens (tertiary/aromatic N) is 1. The molecule has 0 radical (unpaired) electrons. The van der Waals surface area contributed by atoms with Crippen LogP contribution < -0.4 is 5.73 Å². The fourth-order valence-corrected chi connectivity index (χ4v) is 4.04. The van der Waals surface area contributed by atoms with Crippen molar-refractivity contribution in [3.05, 3.63) is 0 Å². The van der Waals surface area contributed by atoms with Crippen molar-refractivity contribution in [1.29, 1.82) is 0 Å². The van der Waals surface area contributed by atoms with Crippen molar-refractivity contribution in [3.63, 3.8) is 0 Å². The van der Waals surface area contributed by atoms with E-state index in [2.05, 4.69) is 11.8 Å². The Hall–Kier alpha value is -0.160. The molecule has 1 saturated heterocycles. The quantitative estimate of drug-likeness (QED) is 0.822. The van der Waals surface area contributed by atoms with Crippen molar-refractivity contribution in [1.82, 2.24) is 4.90 Å². The molecule has 2 aliphatic rings. The van der Waals surface area contributed by atoms with Crippen molar-refractivity contribution in [2.75, 3.05) is 40.4 Å². The third kappa shape index (κ3) is 3.48. The summed E-state index contributed by atoms with van der Waals surface area (Å²) in [5, 5.41) is 0. The smallest absolute Gasteiger partial charge is 0.0971 e. The summed E-state index contributed by atoms with van der Waals surface area (Å²) in [5.74, 6) is 0.816. The summed E-state index contributed by atoms with van der Waals surface area (Å²) in [6.07, 6.45) is 5.66. The van der Waals surface area contributed by atoms with Crippen LogP contribution in [0.25, 0.3) is 0 Å². The van der Waals surface area contributed by atoms with Gasteiger partial charge in [0, 0.05) is 33.9 Å². The zero-order valence-corrected chi connectivity index (χ0v) is 12.7. The highest BCUT2D eigenvalue weighted by molar-refractivity contribution is 4.93. The van der Waals surface area contributed by atoms with Gasteiger partial charge in [0.05, 0.1) is 12.2 Å². The predicted molar refractivity (Wildman–Crippen MR) is 77.2 cm³/mol. The predicted octanol–water partition coefficient (Wildman–Crippen LogP) is 1.49. The van der Waals surface area contributed by atoms with Crippen LogP contribution in [0.4, 0.5) is 0 Å². The Morgan fingerprint density at radius 3 is 2.32 bits per heavy atom. The van der Waals surface area contributed by atoms with Gasteiger partial charge in [0.25, 0.3) is 0 Å². The molecule has 0 bridgehead atoms. The highest BCUT2D eigenvalue weighted by Crippen LogP contribution is 2.39. The molecule has 0 aromatic carbocycles. The van der Waals surface area contributed by atoms with Crippen LogP contribution in [-0.2, 0) is 9.47 Å². The topological polar surface area (TPSA) is 47.7 Å². The maximum absolute atomic E-state index is 6.12. The fourth-order valence-electron chi connectivity index (χ4n) is 4.04. The van der Waals surface area contributed by atoms with Crippen molar-refractivity contribution >= 4 is 0 Å². The van der Waals surface area contributed by atoms with E-state index in [1.807, 2.05) is 0 Å². The highest BCUT2D eigenvalue weighted by Gasteiger charge is 2.40. The molecular formula is C15H30N2O2. The van der Waals surface area contributed by atoms with Crippen LogP contribution in [0, 0.1) is 11.3 Å². The summed E-state index contributed by atoms with van der Waals surface area (Å²) in [6.45, 7) is 6.23. The van der Waals surface area contributed by atoms with Crippen molar-refractivity contribution in [3.8, 4) is 0 Å². The van der Waals surface area contributed by atoms with E-state index < -0.39 is 0 Å². The lowest BCUT2D eigenvalue weighted by Crippen LogP contribution is -2.45. The number of methoxy groups -OCH3 is 2. The van der Waals surface area contributed by atoms with E-state index >= 15 is 0 Å². The molecule has 1 aliphatic carbocycles. The van der Waals surface area contributed by atoms with Crippen LogP contribution in [0.5, 0.6) is 0 Å². The first kappa shape index (κ1) is 15.2. The molecule has 19 heavy (non-hydrogen) atoms. The summed E-state index contributed by atoms with van der Waals surface area (Å²) >= 11 is 0. The Morgan fingerprint density at radius 2 is 1.84 bits per heavy atom. The average molecular weight is 270 g/mol. The summed E-state index contributed by atoms with van der Waals surface area (Å²) < 4.78 is 11.0. The van der Waals surface area contributed by atoms with E-state index in [1.54, 1.807) is 14.2 Å². The Bertz CT molecular complexity index is 275. The molecule has 2 rings (SSSR count). The largest absolute Gasteiger partial charge is 0.377 e. The maximum Gasteiger partial charge on any atom is 0.0971 e. The number of hydrogen-bond acceptors (Lipinski definition) is 4. The lowest BCUT2D eigenvalue weighted by atomic mass is 9.70. The third-order valence-corrected chi connectivity index (χ3v) is 5.07. The van der Waals surface area contributed by atoms with Gasteiger partial charge in [-0.3, -0.25) is 4.90 Å². The molecular weight excluding hydrogens is 240 g/mol. The fraction of sp³-hybridized carbons (Fsp3) is 1.00. The van der Waals surface area contributed by atoms with Gasteiger partial charge in [0.2, 0.25) is 0 Å². The van der Waals surface area contributed by atoms with Gasteiger partial charge in [0.1, 0.15) is 0 Å². The molecule has 2 N–H and O–H groups in total. The number of ether oxygens (including phenoxy) is 2. The molecule has 0 amide bonds. The van der Waals surface area contributed by atoms with Crippen LogP contribution in [0.15, 0.2) is 0 Å². The third-order valence-electron chi connectivity index (χ3n) is 5.07. The van der Waals surface area contributed by atoms with Gasteiger partial charge in [-0.2, -0.15) is 0 Å². The first-order valence-electron chi connectivity index (χ1n) is 7.60. The summed E-state index contributed by atoms with van der Waals surface area (Å²) in [5.41, 5.74) is 6.44. The SMILES string of the molecule is COC1CN(CC2(CN)CCCC(C)C2)CC1OC. The average Bonchev–Trinajstić information content (AvgIpc) is 2.80. The molecule has 0 spiro atoms. The second-order valence-electron chi connectivity index (χ2n) is 6.65. The van der Waals surface area contributed by atoms with Gasteiger partial charge < -0.3 is 15.2 Å². The minimum absolute atomic E-state index is 0.209. The van der Waals surface area contributed by atoms with Crippen LogP contribution in [0.1, 0.15) is 32.6 Å². The van der Waals surface area contributed by atoms with E-state index in [1.165, 1.54) is 25.7 Å². The molecule has 1 saturated carbocycles. The molecule has 4 heteroatoms. The van der Waals surface area contributed by atoms with E-state index in [0.717, 1.165) is 32.1 Å². The normalized spacial score (nSPS) is 40.7. The monoisotopic (exact) mass is 270 g/mol. The number of nitrogens with two attached hydrogens (primary N) is 1. The minimum Gasteiger partial charge on any atom is -0.377 e. The highest BCUT2D eigenvalue weighted by atomic mass is 16.5. The molecule has 1 heterocycles. The Morgan fingerprint density at radius 1 is 1.21 bits per heavy atom. The van der Waals surface area contributed by atoms with Gasteiger partial charge in [-0.05, 0) is 30.7 Å². The zero-order valence-electron chi connectivity index (χ0n) is 12.7. The first-order chi connectivity index (χ1) is 9.12. The first-order valence-corrected chi connectivity index (χ1v) is 7.60. The van der Waals surface area contributed by atoms with E-state index in [9.17, 15) is 0 Å². The number of rotatable bonds is 5. The standard InChI is InChI=1S/C15H30N2O2/c1-12-5-4-6-15(7-12,10-16)11-17-8-13(18-2)14(9-17)19-3/h12-14H,4-11,16H2,1-3H3. The van der Waals surface area contributed by atoms with Gasteiger partial charge >= 0.3 is 0 Å². The molecule has 0 aromatic heterocycles. The van der Waals surface area contributed by atoms with E-state index in [4.69, 9.17) is 15.2 Å². The van der Waals surface area contributed by atoms with Crippen molar-refractivity contribution < 1.29 is 9.47 Å². The van der Waals surface area contributed by atoms with Gasteiger partial charge in [-0.1, -0.05) is 19.8 Å². The lowest BCUT2D eigenvalue weighted by molar-refractivity contribution is -0.00461. The lowest BCUT2D eigenvalue weighted by Gasteiger charge is -2.41. The molecule has 4 atom stereocenters. The molecule has 4 unspecified atom stereocenters. The van der Waals surface area contributed by atoms with Crippen LogP contribution in [0.2, 0.25) is 0 Å². The Kier molecular flexibility index (Phi) is 5.23. The van der Waals surface area contributed by atoms with E-state index in [0.29, 0.717) is 5.41 Å². The van der Waals surface area contributed by atoms with Crippen LogP contribution in [-0.4, -0.2) is 57.5 Å². The Labute approximate surface area is 117 Å². The van der Waals surface area contributed by atoms with Crippen molar-refractivity contribution in [2.45, 2.75) is 44.8 Å². The molecule has 112 valence electrons. The van der Waals surface area contributed by atoms with Crippen LogP contribution in [0.3, 0.4) is 0 Å². The number of likely N-dealkylation sites (tertiary alicyclic amines) is 1. The summed E-state index contributed by atoms with van der Waals surface area (Å²) in [7, 11) is 3.56. The van der Waals surface area contributed by atoms with Crippen LogP contribution >= 0.6 is 0 Å². The second kappa shape index (κ2) is 6.53. The van der Waals surface area contributed by atoms with Gasteiger partial charge in [-0.15, -0.1) is 0 Å². The Balaban J connectivity index is 1.95. The summed E-state index contributed by atoms with van der Waals surface area (Å²) in [4.78, 5) is 2.49. The maximum atomic E-state index is 6.12.